The van der Waals surface area contributed by atoms with Crippen LogP contribution in [0.3, 0.4) is 0 Å². The van der Waals surface area contributed by atoms with E-state index in [0.29, 0.717) is 22.2 Å². The van der Waals surface area contributed by atoms with Gasteiger partial charge >= 0.3 is 0 Å². The van der Waals surface area contributed by atoms with Crippen molar-refractivity contribution >= 4 is 40.1 Å². The van der Waals surface area contributed by atoms with E-state index < -0.39 is 0 Å². The second-order valence-corrected chi connectivity index (χ2v) is 5.95. The van der Waals surface area contributed by atoms with Gasteiger partial charge in [0.2, 0.25) is 0 Å². The number of nitrogens with one attached hydrogen (secondary N) is 1. The number of nitrogen functional groups attached to an aromatic ring is 1. The van der Waals surface area contributed by atoms with Gasteiger partial charge in [-0.15, -0.1) is 11.8 Å². The molecule has 0 aliphatic rings. The lowest BCUT2D eigenvalue weighted by molar-refractivity contribution is 1.10. The molecule has 0 bridgehead atoms. The van der Waals surface area contributed by atoms with Gasteiger partial charge < -0.3 is 10.7 Å². The van der Waals surface area contributed by atoms with Gasteiger partial charge in [-0.3, -0.25) is 4.79 Å². The van der Waals surface area contributed by atoms with Gasteiger partial charge in [-0.1, -0.05) is 23.7 Å². The van der Waals surface area contributed by atoms with Gasteiger partial charge in [-0.05, 0) is 30.3 Å². The summed E-state index contributed by atoms with van der Waals surface area (Å²) in [4.78, 5) is 20.1. The van der Waals surface area contributed by atoms with E-state index in [2.05, 4.69) is 9.97 Å². The van der Waals surface area contributed by atoms with Crippen LogP contribution in [0.5, 0.6) is 0 Å². The molecule has 0 spiro atoms. The Bertz CT molecular complexity index is 863. The minimum Gasteiger partial charge on any atom is -0.398 e. The smallest absolute Gasteiger partial charge is 0.271 e. The average Bonchev–Trinajstić information content (AvgIpc) is 2.48. The monoisotopic (exact) mass is 317 g/mol. The summed E-state index contributed by atoms with van der Waals surface area (Å²) in [6, 6.07) is 12.7. The number of nitrogens with two attached hydrogens (primary N) is 1. The fourth-order valence-electron chi connectivity index (χ4n) is 1.94. The maximum atomic E-state index is 12.0. The van der Waals surface area contributed by atoms with Crippen molar-refractivity contribution in [2.24, 2.45) is 0 Å². The van der Waals surface area contributed by atoms with E-state index in [-0.39, 0.29) is 5.56 Å². The Morgan fingerprint density at radius 2 is 2.05 bits per heavy atom. The Kier molecular flexibility index (Phi) is 3.86. The summed E-state index contributed by atoms with van der Waals surface area (Å²) in [6.07, 6.45) is 0. The molecule has 0 aliphatic carbocycles. The van der Waals surface area contributed by atoms with Crippen molar-refractivity contribution in [1.82, 2.24) is 9.97 Å². The number of aromatic amines is 1. The number of halogens is 1. The van der Waals surface area contributed by atoms with Crippen LogP contribution in [0.15, 0.2) is 52.2 Å². The number of aromatic nitrogens is 2. The molecule has 1 aromatic heterocycles. The topological polar surface area (TPSA) is 71.8 Å². The molecular formula is C15H12ClN3OS. The molecule has 0 saturated heterocycles. The van der Waals surface area contributed by atoms with Crippen LogP contribution < -0.4 is 11.3 Å². The van der Waals surface area contributed by atoms with Crippen molar-refractivity contribution in [2.75, 3.05) is 5.73 Å². The summed E-state index contributed by atoms with van der Waals surface area (Å²) >= 11 is 7.40. The Balaban J connectivity index is 1.90. The zero-order chi connectivity index (χ0) is 14.8. The highest BCUT2D eigenvalue weighted by Gasteiger charge is 2.07. The number of benzene rings is 2. The third kappa shape index (κ3) is 3.04. The minimum atomic E-state index is -0.179. The summed E-state index contributed by atoms with van der Waals surface area (Å²) < 4.78 is 0. The number of hydrogen-bond acceptors (Lipinski definition) is 4. The predicted molar refractivity (Wildman–Crippen MR) is 87.8 cm³/mol. The van der Waals surface area contributed by atoms with Gasteiger partial charge in [-0.25, -0.2) is 4.98 Å². The molecule has 3 rings (SSSR count). The van der Waals surface area contributed by atoms with Crippen LogP contribution in [-0.4, -0.2) is 9.97 Å². The molecule has 106 valence electrons. The molecule has 0 amide bonds. The summed E-state index contributed by atoms with van der Waals surface area (Å²) in [5, 5.41) is 0.618. The second kappa shape index (κ2) is 5.79. The van der Waals surface area contributed by atoms with Crippen molar-refractivity contribution in [3.63, 3.8) is 0 Å². The van der Waals surface area contributed by atoms with Gasteiger partial charge in [0, 0.05) is 21.4 Å². The number of para-hydroxylation sites is 2. The Labute approximate surface area is 130 Å². The van der Waals surface area contributed by atoms with Gasteiger partial charge in [0.25, 0.3) is 5.56 Å². The van der Waals surface area contributed by atoms with Crippen LogP contribution in [-0.2, 0) is 5.75 Å². The number of fused-ring (bicyclic) bond motifs is 1. The first-order chi connectivity index (χ1) is 10.1. The second-order valence-electron chi connectivity index (χ2n) is 4.50. The van der Waals surface area contributed by atoms with Crippen LogP contribution in [0.4, 0.5) is 5.69 Å². The zero-order valence-electron chi connectivity index (χ0n) is 11.0. The third-order valence-corrected chi connectivity index (χ3v) is 4.33. The first-order valence-electron chi connectivity index (χ1n) is 6.29. The normalized spacial score (nSPS) is 10.9. The van der Waals surface area contributed by atoms with E-state index in [9.17, 15) is 4.79 Å². The van der Waals surface area contributed by atoms with E-state index in [1.165, 1.54) is 11.8 Å². The van der Waals surface area contributed by atoms with Gasteiger partial charge in [-0.2, -0.15) is 0 Å². The Morgan fingerprint density at radius 3 is 2.90 bits per heavy atom. The highest BCUT2D eigenvalue weighted by molar-refractivity contribution is 7.98. The zero-order valence-corrected chi connectivity index (χ0v) is 12.5. The Morgan fingerprint density at radius 1 is 1.24 bits per heavy atom. The molecule has 0 atom stereocenters. The first-order valence-corrected chi connectivity index (χ1v) is 7.65. The molecule has 0 unspecified atom stereocenters. The quantitative estimate of drug-likeness (QED) is 0.573. The van der Waals surface area contributed by atoms with Crippen molar-refractivity contribution in [3.8, 4) is 0 Å². The lowest BCUT2D eigenvalue weighted by atomic mass is 10.3. The summed E-state index contributed by atoms with van der Waals surface area (Å²) in [7, 11) is 0. The average molecular weight is 318 g/mol. The van der Waals surface area contributed by atoms with Crippen LogP contribution in [0.2, 0.25) is 5.02 Å². The lowest BCUT2D eigenvalue weighted by Gasteiger charge is -2.06. The molecule has 3 N–H and O–H groups in total. The van der Waals surface area contributed by atoms with E-state index in [1.54, 1.807) is 18.2 Å². The molecule has 0 aliphatic heterocycles. The van der Waals surface area contributed by atoms with Crippen LogP contribution in [0.1, 0.15) is 5.69 Å². The van der Waals surface area contributed by atoms with Gasteiger partial charge in [0.15, 0.2) is 0 Å². The van der Waals surface area contributed by atoms with E-state index in [0.717, 1.165) is 15.9 Å². The first kappa shape index (κ1) is 14.0. The van der Waals surface area contributed by atoms with Gasteiger partial charge in [0.05, 0.1) is 11.0 Å². The molecule has 0 saturated carbocycles. The van der Waals surface area contributed by atoms with E-state index in [1.807, 2.05) is 24.3 Å². The summed E-state index contributed by atoms with van der Waals surface area (Å²) in [5.74, 6) is 0.435. The standard InChI is InChI=1S/C15H12ClN3OS/c16-9-5-6-10(17)14(7-9)21-8-13-15(20)19-12-4-2-1-3-11(12)18-13/h1-7H,8,17H2,(H,19,20). The number of rotatable bonds is 3. The molecule has 21 heavy (non-hydrogen) atoms. The number of thioether (sulfide) groups is 1. The molecule has 3 aromatic rings. The minimum absolute atomic E-state index is 0.179. The molecule has 6 heteroatoms. The highest BCUT2D eigenvalue weighted by Crippen LogP contribution is 2.29. The highest BCUT2D eigenvalue weighted by atomic mass is 35.5. The summed E-state index contributed by atoms with van der Waals surface area (Å²) in [5.41, 5.74) is 8.33. The fraction of sp³-hybridized carbons (Fsp3) is 0.0667. The van der Waals surface area contributed by atoms with Crippen molar-refractivity contribution in [1.29, 1.82) is 0 Å². The van der Waals surface area contributed by atoms with Crippen molar-refractivity contribution < 1.29 is 0 Å². The molecular weight excluding hydrogens is 306 g/mol. The molecule has 0 radical (unpaired) electrons. The van der Waals surface area contributed by atoms with Crippen molar-refractivity contribution in [2.45, 2.75) is 10.6 Å². The van der Waals surface area contributed by atoms with Crippen LogP contribution in [0, 0.1) is 0 Å². The van der Waals surface area contributed by atoms with E-state index >= 15 is 0 Å². The van der Waals surface area contributed by atoms with E-state index in [4.69, 9.17) is 17.3 Å². The largest absolute Gasteiger partial charge is 0.398 e. The number of anilines is 1. The molecule has 0 fully saturated rings. The number of hydrogen-bond donors (Lipinski definition) is 2. The number of H-pyrrole nitrogens is 1. The van der Waals surface area contributed by atoms with Gasteiger partial charge in [0.1, 0.15) is 5.69 Å². The predicted octanol–water partition coefficient (Wildman–Crippen LogP) is 3.45. The molecule has 2 aromatic carbocycles. The molecule has 4 nitrogen and oxygen atoms in total. The maximum absolute atomic E-state index is 12.0. The maximum Gasteiger partial charge on any atom is 0.271 e. The fourth-order valence-corrected chi connectivity index (χ4v) is 3.11. The summed E-state index contributed by atoms with van der Waals surface area (Å²) in [6.45, 7) is 0. The molecule has 1 heterocycles. The lowest BCUT2D eigenvalue weighted by Crippen LogP contribution is -2.14. The number of nitrogens with zero attached hydrogens (tertiary/aromatic N) is 1. The Hall–Kier alpha value is -1.98. The third-order valence-electron chi connectivity index (χ3n) is 3.01. The van der Waals surface area contributed by atoms with Crippen LogP contribution >= 0.6 is 23.4 Å². The van der Waals surface area contributed by atoms with Crippen LogP contribution in [0.25, 0.3) is 11.0 Å². The van der Waals surface area contributed by atoms with Crippen molar-refractivity contribution in [3.05, 3.63) is 63.5 Å². The SMILES string of the molecule is Nc1ccc(Cl)cc1SCc1nc2ccccc2[nH]c1=O.